The number of anilines is 3. The Labute approximate surface area is 177 Å². The van der Waals surface area contributed by atoms with Crippen molar-refractivity contribution >= 4 is 23.4 Å². The Bertz CT molecular complexity index is 922. The summed E-state index contributed by atoms with van der Waals surface area (Å²) in [6.45, 7) is 9.14. The first kappa shape index (κ1) is 22.0. The van der Waals surface area contributed by atoms with Crippen molar-refractivity contribution in [2.45, 2.75) is 58.1 Å². The van der Waals surface area contributed by atoms with Gasteiger partial charge in [0.15, 0.2) is 0 Å². The van der Waals surface area contributed by atoms with Gasteiger partial charge < -0.3 is 26.8 Å². The fraction of sp³-hybridized carbons (Fsp3) is 0.500. The van der Waals surface area contributed by atoms with Crippen molar-refractivity contribution in [2.75, 3.05) is 23.3 Å². The first-order chi connectivity index (χ1) is 14.0. The highest BCUT2D eigenvalue weighted by atomic mass is 16.3. The largest absolute Gasteiger partial charge is 0.386 e. The van der Waals surface area contributed by atoms with E-state index < -0.39 is 11.5 Å². The average molecular weight is 413 g/mol. The van der Waals surface area contributed by atoms with Crippen molar-refractivity contribution in [1.82, 2.24) is 9.97 Å². The smallest absolute Gasteiger partial charge is 0.254 e. The van der Waals surface area contributed by atoms with Crippen LogP contribution < -0.4 is 21.7 Å². The van der Waals surface area contributed by atoms with Crippen LogP contribution in [0.15, 0.2) is 24.4 Å². The first-order valence-electron chi connectivity index (χ1n) is 10.4. The maximum Gasteiger partial charge on any atom is 0.254 e. The minimum atomic E-state index is -1.01. The van der Waals surface area contributed by atoms with Crippen LogP contribution in [0.25, 0.3) is 0 Å². The van der Waals surface area contributed by atoms with Crippen molar-refractivity contribution in [3.05, 3.63) is 41.1 Å². The Morgan fingerprint density at radius 2 is 2.07 bits per heavy atom. The van der Waals surface area contributed by atoms with Crippen LogP contribution >= 0.6 is 0 Å². The van der Waals surface area contributed by atoms with Crippen LogP contribution in [0.2, 0.25) is 0 Å². The molecule has 0 spiro atoms. The van der Waals surface area contributed by atoms with E-state index in [-0.39, 0.29) is 17.5 Å². The number of carbonyl (C=O) groups is 1. The van der Waals surface area contributed by atoms with Crippen molar-refractivity contribution in [3.63, 3.8) is 0 Å². The Morgan fingerprint density at radius 3 is 2.67 bits per heavy atom. The number of benzene rings is 1. The summed E-state index contributed by atoms with van der Waals surface area (Å²) in [6, 6.07) is 5.91. The summed E-state index contributed by atoms with van der Waals surface area (Å²) in [4.78, 5) is 22.9. The molecule has 8 heteroatoms. The second kappa shape index (κ2) is 8.57. The van der Waals surface area contributed by atoms with E-state index in [2.05, 4.69) is 29.1 Å². The summed E-state index contributed by atoms with van der Waals surface area (Å²) in [7, 11) is 0. The quantitative estimate of drug-likeness (QED) is 0.573. The average Bonchev–Trinajstić information content (AvgIpc) is 2.66. The van der Waals surface area contributed by atoms with E-state index >= 15 is 0 Å². The lowest BCUT2D eigenvalue weighted by Gasteiger charge is -2.31. The molecular formula is C22H32N6O2. The Hall–Kier alpha value is -2.71. The highest BCUT2D eigenvalue weighted by Gasteiger charge is 2.22. The number of piperidine rings is 1. The summed E-state index contributed by atoms with van der Waals surface area (Å²) in [5, 5.41) is 13.8. The molecule has 3 rings (SSSR count). The van der Waals surface area contributed by atoms with Gasteiger partial charge in [-0.05, 0) is 55.9 Å². The molecule has 1 amide bonds. The Kier molecular flexibility index (Phi) is 6.28. The molecule has 8 nitrogen and oxygen atoms in total. The maximum absolute atomic E-state index is 12.0. The number of aliphatic hydroxyl groups is 1. The van der Waals surface area contributed by atoms with Crippen molar-refractivity contribution < 1.29 is 9.90 Å². The number of carbonyl (C=O) groups excluding carboxylic acids is 1. The van der Waals surface area contributed by atoms with E-state index in [0.717, 1.165) is 36.2 Å². The molecule has 1 aliphatic heterocycles. The zero-order chi connectivity index (χ0) is 22.1. The lowest BCUT2D eigenvalue weighted by atomic mass is 9.92. The van der Waals surface area contributed by atoms with Gasteiger partial charge in [-0.25, -0.2) is 4.98 Å². The number of amides is 1. The molecule has 1 atom stereocenters. The molecule has 0 aliphatic carbocycles. The summed E-state index contributed by atoms with van der Waals surface area (Å²) < 4.78 is 0. The Morgan fingerprint density at radius 1 is 1.33 bits per heavy atom. The Balaban J connectivity index is 2.01. The van der Waals surface area contributed by atoms with Crippen molar-refractivity contribution in [1.29, 1.82) is 0 Å². The third kappa shape index (κ3) is 5.06. The molecule has 1 aromatic carbocycles. The summed E-state index contributed by atoms with van der Waals surface area (Å²) >= 11 is 0. The third-order valence-electron chi connectivity index (χ3n) is 5.37. The fourth-order valence-electron chi connectivity index (χ4n) is 3.54. The van der Waals surface area contributed by atoms with Crippen LogP contribution in [0.4, 0.5) is 17.5 Å². The number of primary amides is 1. The van der Waals surface area contributed by atoms with E-state index in [4.69, 9.17) is 11.5 Å². The predicted octanol–water partition coefficient (Wildman–Crippen LogP) is 2.60. The molecular weight excluding hydrogens is 380 g/mol. The van der Waals surface area contributed by atoms with E-state index in [1.807, 2.05) is 23.1 Å². The summed E-state index contributed by atoms with van der Waals surface area (Å²) in [5.74, 6) is 0.510. The van der Waals surface area contributed by atoms with Gasteiger partial charge in [-0.2, -0.15) is 4.98 Å². The van der Waals surface area contributed by atoms with Crippen molar-refractivity contribution in [3.8, 4) is 0 Å². The molecule has 0 radical (unpaired) electrons. The lowest BCUT2D eigenvalue weighted by molar-refractivity contribution is 0.0785. The second-order valence-electron chi connectivity index (χ2n) is 8.83. The zero-order valence-electron chi connectivity index (χ0n) is 18.1. The molecule has 0 bridgehead atoms. The molecule has 0 unspecified atom stereocenters. The molecule has 2 aromatic rings. The zero-order valence-corrected chi connectivity index (χ0v) is 18.1. The molecule has 1 aliphatic rings. The number of rotatable bonds is 6. The molecule has 30 heavy (non-hydrogen) atoms. The predicted molar refractivity (Wildman–Crippen MR) is 119 cm³/mol. The standard InChI is InChI=1S/C22H32N6O2/c1-13(2)14-8-15(22(3,4)30)10-17(9-14)26-20-18(19(24)29)11-25-21(27-20)28-7-5-6-16(23)12-28/h8-11,13,16,30H,5-7,12,23H2,1-4H3,(H2,24,29)(H,25,26,27)/t16-/m0/s1. The summed E-state index contributed by atoms with van der Waals surface area (Å²) in [6.07, 6.45) is 3.40. The highest BCUT2D eigenvalue weighted by Crippen LogP contribution is 2.30. The number of hydrogen-bond acceptors (Lipinski definition) is 7. The van der Waals surface area contributed by atoms with Crippen LogP contribution in [0, 0.1) is 0 Å². The number of nitrogens with zero attached hydrogens (tertiary/aromatic N) is 3. The molecule has 0 saturated carbocycles. The number of hydrogen-bond donors (Lipinski definition) is 4. The van der Waals surface area contributed by atoms with Gasteiger partial charge in [0.25, 0.3) is 5.91 Å². The van der Waals surface area contributed by atoms with E-state index in [9.17, 15) is 9.90 Å². The SMILES string of the molecule is CC(C)c1cc(Nc2nc(N3CCC[C@H](N)C3)ncc2C(N)=O)cc(C(C)(C)O)c1. The highest BCUT2D eigenvalue weighted by molar-refractivity contribution is 5.98. The van der Waals surface area contributed by atoms with Gasteiger partial charge in [0, 0.05) is 31.0 Å². The second-order valence-corrected chi connectivity index (χ2v) is 8.83. The normalized spacial score (nSPS) is 17.3. The monoisotopic (exact) mass is 412 g/mol. The van der Waals surface area contributed by atoms with Crippen LogP contribution in [0.3, 0.4) is 0 Å². The van der Waals surface area contributed by atoms with Gasteiger partial charge in [-0.3, -0.25) is 4.79 Å². The molecule has 1 fully saturated rings. The first-order valence-corrected chi connectivity index (χ1v) is 10.4. The van der Waals surface area contributed by atoms with Crippen LogP contribution in [-0.2, 0) is 5.60 Å². The van der Waals surface area contributed by atoms with Gasteiger partial charge in [0.1, 0.15) is 11.4 Å². The van der Waals surface area contributed by atoms with E-state index in [1.54, 1.807) is 13.8 Å². The van der Waals surface area contributed by atoms with Gasteiger partial charge >= 0.3 is 0 Å². The van der Waals surface area contributed by atoms with Crippen molar-refractivity contribution in [2.24, 2.45) is 11.5 Å². The number of nitrogens with two attached hydrogens (primary N) is 2. The molecule has 6 N–H and O–H groups in total. The minimum Gasteiger partial charge on any atom is -0.386 e. The van der Waals surface area contributed by atoms with Gasteiger partial charge in [-0.15, -0.1) is 0 Å². The van der Waals surface area contributed by atoms with Gasteiger partial charge in [0.2, 0.25) is 5.95 Å². The minimum absolute atomic E-state index is 0.0756. The van der Waals surface area contributed by atoms with E-state index in [0.29, 0.717) is 18.3 Å². The lowest BCUT2D eigenvalue weighted by Crippen LogP contribution is -2.43. The molecule has 1 aromatic heterocycles. The number of aromatic nitrogens is 2. The summed E-state index contributed by atoms with van der Waals surface area (Å²) in [5.41, 5.74) is 13.4. The molecule has 2 heterocycles. The molecule has 162 valence electrons. The topological polar surface area (TPSA) is 130 Å². The maximum atomic E-state index is 12.0. The van der Waals surface area contributed by atoms with Crippen LogP contribution in [-0.4, -0.2) is 40.1 Å². The fourth-order valence-corrected chi connectivity index (χ4v) is 3.54. The van der Waals surface area contributed by atoms with Gasteiger partial charge in [-0.1, -0.05) is 19.9 Å². The van der Waals surface area contributed by atoms with E-state index in [1.165, 1.54) is 6.20 Å². The van der Waals surface area contributed by atoms with Gasteiger partial charge in [0.05, 0.1) is 5.60 Å². The third-order valence-corrected chi connectivity index (χ3v) is 5.37. The van der Waals surface area contributed by atoms with Crippen LogP contribution in [0.1, 0.15) is 67.9 Å². The number of nitrogens with one attached hydrogen (secondary N) is 1. The molecule has 1 saturated heterocycles. The van der Waals surface area contributed by atoms with Crippen LogP contribution in [0.5, 0.6) is 0 Å².